The first-order chi connectivity index (χ1) is 12.3. The molecule has 0 bridgehead atoms. The van der Waals surface area contributed by atoms with Crippen LogP contribution in [0.15, 0.2) is 6.20 Å². The lowest BCUT2D eigenvalue weighted by Crippen LogP contribution is -2.50. The third-order valence-corrected chi connectivity index (χ3v) is 6.19. The lowest BCUT2D eigenvalue weighted by molar-refractivity contribution is -0.134. The zero-order valence-corrected chi connectivity index (χ0v) is 15.7. The van der Waals surface area contributed by atoms with Gasteiger partial charge in [0.1, 0.15) is 4.88 Å². The highest BCUT2D eigenvalue weighted by Crippen LogP contribution is 2.36. The Morgan fingerprint density at radius 2 is 2.04 bits per heavy atom. The van der Waals surface area contributed by atoms with Gasteiger partial charge >= 0.3 is 6.18 Å². The van der Waals surface area contributed by atoms with Gasteiger partial charge in [0.05, 0.1) is 12.7 Å². The average molecular weight is 390 g/mol. The summed E-state index contributed by atoms with van der Waals surface area (Å²) in [5.41, 5.74) is 0. The van der Waals surface area contributed by atoms with Crippen LogP contribution in [0.3, 0.4) is 0 Å². The van der Waals surface area contributed by atoms with E-state index >= 15 is 0 Å². The SMILES string of the molecule is CC1CCCC(NC(=O)CN2CCN(c3ncc(C(F)(F)F)s3)CC2)C1. The van der Waals surface area contributed by atoms with Gasteiger partial charge in [0.2, 0.25) is 5.91 Å². The second-order valence-electron chi connectivity index (χ2n) is 7.30. The highest BCUT2D eigenvalue weighted by Gasteiger charge is 2.34. The predicted molar refractivity (Wildman–Crippen MR) is 95.3 cm³/mol. The number of halogens is 3. The number of nitrogens with one attached hydrogen (secondary N) is 1. The van der Waals surface area contributed by atoms with Gasteiger partial charge < -0.3 is 10.2 Å². The number of rotatable bonds is 4. The first-order valence-corrected chi connectivity index (χ1v) is 9.92. The summed E-state index contributed by atoms with van der Waals surface area (Å²) in [6.45, 7) is 5.03. The molecule has 2 heterocycles. The Morgan fingerprint density at radius 3 is 2.65 bits per heavy atom. The molecule has 1 N–H and O–H groups in total. The zero-order valence-electron chi connectivity index (χ0n) is 14.9. The van der Waals surface area contributed by atoms with Crippen LogP contribution in [0.4, 0.5) is 18.3 Å². The van der Waals surface area contributed by atoms with Crippen molar-refractivity contribution in [1.29, 1.82) is 0 Å². The summed E-state index contributed by atoms with van der Waals surface area (Å²) >= 11 is 0.677. The van der Waals surface area contributed by atoms with Crippen molar-refractivity contribution in [1.82, 2.24) is 15.2 Å². The van der Waals surface area contributed by atoms with E-state index in [4.69, 9.17) is 0 Å². The van der Waals surface area contributed by atoms with Crippen LogP contribution in [0.1, 0.15) is 37.5 Å². The van der Waals surface area contributed by atoms with Gasteiger partial charge in [-0.25, -0.2) is 4.98 Å². The van der Waals surface area contributed by atoms with Crippen molar-refractivity contribution in [3.05, 3.63) is 11.1 Å². The van der Waals surface area contributed by atoms with Gasteiger partial charge in [0.15, 0.2) is 5.13 Å². The van der Waals surface area contributed by atoms with Crippen molar-refractivity contribution < 1.29 is 18.0 Å². The van der Waals surface area contributed by atoms with Gasteiger partial charge in [-0.05, 0) is 18.8 Å². The maximum Gasteiger partial charge on any atom is 0.427 e. The number of hydrogen-bond donors (Lipinski definition) is 1. The molecular weight excluding hydrogens is 365 g/mol. The highest BCUT2D eigenvalue weighted by atomic mass is 32.1. The molecule has 2 aliphatic rings. The molecular formula is C17H25F3N4OS. The third kappa shape index (κ3) is 5.09. The Bertz CT molecular complexity index is 613. The third-order valence-electron chi connectivity index (χ3n) is 5.08. The van der Waals surface area contributed by atoms with Crippen LogP contribution in [0.5, 0.6) is 0 Å². The van der Waals surface area contributed by atoms with E-state index in [0.717, 1.165) is 19.0 Å². The minimum Gasteiger partial charge on any atom is -0.352 e. The number of amides is 1. The molecule has 5 nitrogen and oxygen atoms in total. The molecule has 26 heavy (non-hydrogen) atoms. The van der Waals surface area contributed by atoms with E-state index < -0.39 is 11.1 Å². The molecule has 1 aromatic heterocycles. The lowest BCUT2D eigenvalue weighted by atomic mass is 9.87. The molecule has 1 aliphatic carbocycles. The van der Waals surface area contributed by atoms with Crippen molar-refractivity contribution in [2.75, 3.05) is 37.6 Å². The van der Waals surface area contributed by atoms with Gasteiger partial charge in [0, 0.05) is 32.2 Å². The minimum atomic E-state index is -4.34. The summed E-state index contributed by atoms with van der Waals surface area (Å²) in [6.07, 6.45) is 1.05. The van der Waals surface area contributed by atoms with Gasteiger partial charge in [-0.3, -0.25) is 9.69 Å². The Hall–Kier alpha value is -1.35. The molecule has 0 spiro atoms. The number of alkyl halides is 3. The summed E-state index contributed by atoms with van der Waals surface area (Å²) in [7, 11) is 0. The molecule has 1 saturated heterocycles. The fraction of sp³-hybridized carbons (Fsp3) is 0.765. The lowest BCUT2D eigenvalue weighted by Gasteiger charge is -2.34. The monoisotopic (exact) mass is 390 g/mol. The van der Waals surface area contributed by atoms with Gasteiger partial charge in [0.25, 0.3) is 0 Å². The van der Waals surface area contributed by atoms with Crippen LogP contribution in [-0.4, -0.2) is 54.6 Å². The number of carbonyl (C=O) groups excluding carboxylic acids is 1. The number of nitrogens with zero attached hydrogens (tertiary/aromatic N) is 3. The first-order valence-electron chi connectivity index (χ1n) is 9.11. The van der Waals surface area contributed by atoms with E-state index in [9.17, 15) is 18.0 Å². The molecule has 2 atom stereocenters. The highest BCUT2D eigenvalue weighted by molar-refractivity contribution is 7.15. The molecule has 2 unspecified atom stereocenters. The van der Waals surface area contributed by atoms with E-state index in [1.54, 1.807) is 0 Å². The molecule has 9 heteroatoms. The number of anilines is 1. The summed E-state index contributed by atoms with van der Waals surface area (Å²) in [4.78, 5) is 19.4. The van der Waals surface area contributed by atoms with Crippen LogP contribution >= 0.6 is 11.3 Å². The van der Waals surface area contributed by atoms with Crippen LogP contribution in [0.25, 0.3) is 0 Å². The van der Waals surface area contributed by atoms with Crippen LogP contribution in [0, 0.1) is 5.92 Å². The minimum absolute atomic E-state index is 0.0474. The molecule has 146 valence electrons. The van der Waals surface area contributed by atoms with E-state index in [1.807, 2.05) is 4.90 Å². The molecule has 1 saturated carbocycles. The normalized spacial score (nSPS) is 25.3. The molecule has 1 aromatic rings. The van der Waals surface area contributed by atoms with Gasteiger partial charge in [-0.2, -0.15) is 13.2 Å². The Kier molecular flexibility index (Phi) is 6.06. The molecule has 3 rings (SSSR count). The van der Waals surface area contributed by atoms with E-state index in [2.05, 4.69) is 22.1 Å². The first kappa shape index (κ1) is 19.4. The van der Waals surface area contributed by atoms with Crippen LogP contribution < -0.4 is 10.2 Å². The molecule has 1 aliphatic heterocycles. The Morgan fingerprint density at radius 1 is 1.31 bits per heavy atom. The van der Waals surface area contributed by atoms with Gasteiger partial charge in [-0.15, -0.1) is 0 Å². The topological polar surface area (TPSA) is 48.5 Å². The fourth-order valence-electron chi connectivity index (χ4n) is 3.68. The van der Waals surface area contributed by atoms with Crippen LogP contribution in [0.2, 0.25) is 0 Å². The number of aromatic nitrogens is 1. The van der Waals surface area contributed by atoms with E-state index in [0.29, 0.717) is 55.1 Å². The predicted octanol–water partition coefficient (Wildman–Crippen LogP) is 2.98. The molecule has 2 fully saturated rings. The van der Waals surface area contributed by atoms with Crippen molar-refractivity contribution in [2.24, 2.45) is 5.92 Å². The quantitative estimate of drug-likeness (QED) is 0.859. The largest absolute Gasteiger partial charge is 0.427 e. The van der Waals surface area contributed by atoms with Crippen LogP contribution in [-0.2, 0) is 11.0 Å². The smallest absolute Gasteiger partial charge is 0.352 e. The second kappa shape index (κ2) is 8.12. The zero-order chi connectivity index (χ0) is 18.7. The molecule has 0 aromatic carbocycles. The average Bonchev–Trinajstić information content (AvgIpc) is 3.06. The van der Waals surface area contributed by atoms with Crippen molar-refractivity contribution in [3.63, 3.8) is 0 Å². The maximum atomic E-state index is 12.7. The maximum absolute atomic E-state index is 12.7. The van der Waals surface area contributed by atoms with E-state index in [-0.39, 0.29) is 11.9 Å². The Balaban J connectivity index is 1.43. The van der Waals surface area contributed by atoms with Crippen molar-refractivity contribution in [2.45, 2.75) is 44.8 Å². The fourth-order valence-corrected chi connectivity index (χ4v) is 4.52. The number of piperazine rings is 1. The number of thiazole rings is 1. The summed E-state index contributed by atoms with van der Waals surface area (Å²) in [5.74, 6) is 0.712. The molecule has 1 amide bonds. The summed E-state index contributed by atoms with van der Waals surface area (Å²) in [5, 5.41) is 3.53. The summed E-state index contributed by atoms with van der Waals surface area (Å²) < 4.78 is 38.1. The second-order valence-corrected chi connectivity index (χ2v) is 8.31. The molecule has 0 radical (unpaired) electrons. The standard InChI is InChI=1S/C17H25F3N4OS/c1-12-3-2-4-13(9-12)22-15(25)11-23-5-7-24(8-6-23)16-21-10-14(26-16)17(18,19)20/h10,12-13H,2-9,11H2,1H3,(H,22,25). The van der Waals surface area contributed by atoms with Crippen molar-refractivity contribution in [3.8, 4) is 0 Å². The number of carbonyl (C=O) groups is 1. The van der Waals surface area contributed by atoms with Crippen molar-refractivity contribution >= 4 is 22.4 Å². The summed E-state index contributed by atoms with van der Waals surface area (Å²) in [6, 6.07) is 0.281. The van der Waals surface area contributed by atoms with Gasteiger partial charge in [-0.1, -0.05) is 31.1 Å². The Labute approximate surface area is 155 Å². The van der Waals surface area contributed by atoms with E-state index in [1.165, 1.54) is 12.8 Å². The number of hydrogen-bond acceptors (Lipinski definition) is 5.